The fourth-order valence-electron chi connectivity index (χ4n) is 4.78. The molecule has 216 valence electrons. The van der Waals surface area contributed by atoms with E-state index in [0.717, 1.165) is 5.03 Å². The van der Waals surface area contributed by atoms with E-state index in [1.807, 2.05) is 48.5 Å². The van der Waals surface area contributed by atoms with Gasteiger partial charge in [-0.1, -0.05) is 41.7 Å². The Hall–Kier alpha value is -4.87. The average molecular weight is 611 g/mol. The number of carbonyl (C=O) groups excluding carboxylic acids is 1. The van der Waals surface area contributed by atoms with Gasteiger partial charge in [-0.2, -0.15) is 0 Å². The topological polar surface area (TPSA) is 108 Å². The van der Waals surface area contributed by atoms with Gasteiger partial charge in [-0.25, -0.2) is 9.98 Å². The molecule has 0 radical (unpaired) electrons. The minimum Gasteiger partial charge on any atom is -0.493 e. The second-order valence-corrected chi connectivity index (χ2v) is 11.5. The van der Waals surface area contributed by atoms with E-state index in [1.54, 1.807) is 68.3 Å². The summed E-state index contributed by atoms with van der Waals surface area (Å²) in [4.78, 5) is 37.3. The van der Waals surface area contributed by atoms with Crippen LogP contribution in [0.15, 0.2) is 121 Å². The molecule has 1 amide bonds. The largest absolute Gasteiger partial charge is 0.493 e. The van der Waals surface area contributed by atoms with Crippen molar-refractivity contribution in [3.05, 3.63) is 127 Å². The zero-order chi connectivity index (χ0) is 29.9. The van der Waals surface area contributed by atoms with Gasteiger partial charge in [0.15, 0.2) is 21.4 Å². The van der Waals surface area contributed by atoms with Crippen LogP contribution < -0.4 is 29.7 Å². The molecule has 1 atom stereocenters. The molecule has 3 aromatic heterocycles. The molecular weight excluding hydrogens is 585 g/mol. The standard InChI is InChI=1S/C32H26N4O5S2/c1-19-28(30(37)35-21-9-5-4-6-10-21)29(20-12-14-23(39-2)24(17-20)40-3)36-31(38)25(42-32(36)34-19)18-22-13-15-27(41-22)43-26-11-7-8-16-33-26/h4-18,29H,1-3H3,(H,35,37)/b25-18-/t29-/m0/s1. The van der Waals surface area contributed by atoms with Gasteiger partial charge in [0.2, 0.25) is 0 Å². The van der Waals surface area contributed by atoms with Gasteiger partial charge < -0.3 is 19.2 Å². The summed E-state index contributed by atoms with van der Waals surface area (Å²) in [6.45, 7) is 1.78. The first kappa shape index (κ1) is 28.3. The molecule has 0 unspecified atom stereocenters. The Morgan fingerprint density at radius 1 is 1.02 bits per heavy atom. The summed E-state index contributed by atoms with van der Waals surface area (Å²) >= 11 is 2.62. The van der Waals surface area contributed by atoms with Crippen molar-refractivity contribution in [3.8, 4) is 11.5 Å². The number of rotatable bonds is 8. The molecule has 2 aromatic carbocycles. The molecular formula is C32H26N4O5S2. The van der Waals surface area contributed by atoms with Crippen LogP contribution in [-0.2, 0) is 4.79 Å². The first-order valence-electron chi connectivity index (χ1n) is 13.2. The van der Waals surface area contributed by atoms with E-state index in [2.05, 4.69) is 10.3 Å². The van der Waals surface area contributed by atoms with Crippen molar-refractivity contribution in [2.24, 2.45) is 4.99 Å². The molecule has 0 saturated carbocycles. The number of para-hydroxylation sites is 1. The van der Waals surface area contributed by atoms with Crippen LogP contribution in [0.5, 0.6) is 11.5 Å². The van der Waals surface area contributed by atoms with Gasteiger partial charge in [0.05, 0.1) is 36.1 Å². The summed E-state index contributed by atoms with van der Waals surface area (Å²) in [5.74, 6) is 1.17. The second kappa shape index (κ2) is 12.2. The predicted molar refractivity (Wildman–Crippen MR) is 165 cm³/mol. The first-order valence-corrected chi connectivity index (χ1v) is 14.9. The minimum atomic E-state index is -0.770. The molecule has 0 bridgehead atoms. The third-order valence-corrected chi connectivity index (χ3v) is 8.59. The first-order chi connectivity index (χ1) is 20.9. The Balaban J connectivity index is 1.44. The van der Waals surface area contributed by atoms with Crippen molar-refractivity contribution < 1.29 is 18.7 Å². The van der Waals surface area contributed by atoms with Gasteiger partial charge in [-0.15, -0.1) is 0 Å². The van der Waals surface area contributed by atoms with Crippen LogP contribution in [0.25, 0.3) is 6.08 Å². The molecule has 1 aliphatic heterocycles. The Labute approximate surface area is 254 Å². The number of allylic oxidation sites excluding steroid dienone is 1. The summed E-state index contributed by atoms with van der Waals surface area (Å²) < 4.78 is 18.9. The molecule has 43 heavy (non-hydrogen) atoms. The SMILES string of the molecule is COc1ccc([C@H]2C(C(=O)Nc3ccccc3)=C(C)N=c3s/c(=C\c4ccc(Sc5ccccn5)o4)c(=O)n32)cc1OC. The number of fused-ring (bicyclic) bond motifs is 1. The lowest BCUT2D eigenvalue weighted by Crippen LogP contribution is -2.40. The Morgan fingerprint density at radius 3 is 2.56 bits per heavy atom. The van der Waals surface area contributed by atoms with Crippen molar-refractivity contribution in [3.63, 3.8) is 0 Å². The highest BCUT2D eigenvalue weighted by Gasteiger charge is 2.33. The third kappa shape index (κ3) is 5.77. The number of methoxy groups -OCH3 is 2. The van der Waals surface area contributed by atoms with E-state index >= 15 is 0 Å². The van der Waals surface area contributed by atoms with Crippen LogP contribution in [-0.4, -0.2) is 29.7 Å². The van der Waals surface area contributed by atoms with Crippen LogP contribution in [0, 0.1) is 0 Å². The van der Waals surface area contributed by atoms with Gasteiger partial charge in [0.1, 0.15) is 10.8 Å². The monoisotopic (exact) mass is 610 g/mol. The van der Waals surface area contributed by atoms with E-state index in [9.17, 15) is 9.59 Å². The van der Waals surface area contributed by atoms with Gasteiger partial charge >= 0.3 is 0 Å². The van der Waals surface area contributed by atoms with E-state index in [4.69, 9.17) is 18.9 Å². The van der Waals surface area contributed by atoms with Crippen molar-refractivity contribution in [1.29, 1.82) is 0 Å². The number of aromatic nitrogens is 2. The molecule has 1 aliphatic rings. The number of hydrogen-bond donors (Lipinski definition) is 1. The molecule has 4 heterocycles. The lowest BCUT2D eigenvalue weighted by Gasteiger charge is -2.26. The predicted octanol–water partition coefficient (Wildman–Crippen LogP) is 5.03. The van der Waals surface area contributed by atoms with E-state index in [0.29, 0.717) is 54.2 Å². The van der Waals surface area contributed by atoms with Crippen molar-refractivity contribution in [1.82, 2.24) is 9.55 Å². The summed E-state index contributed by atoms with van der Waals surface area (Å²) in [5, 5.41) is 4.41. The zero-order valence-electron chi connectivity index (χ0n) is 23.4. The molecule has 9 nitrogen and oxygen atoms in total. The van der Waals surface area contributed by atoms with Gasteiger partial charge in [0, 0.05) is 18.0 Å². The third-order valence-electron chi connectivity index (χ3n) is 6.74. The number of amides is 1. The summed E-state index contributed by atoms with van der Waals surface area (Å²) in [6.07, 6.45) is 3.42. The number of furan rings is 1. The smallest absolute Gasteiger partial charge is 0.271 e. The summed E-state index contributed by atoms with van der Waals surface area (Å²) in [7, 11) is 3.10. The van der Waals surface area contributed by atoms with E-state index in [1.165, 1.54) is 23.1 Å². The fraction of sp³-hybridized carbons (Fsp3) is 0.125. The maximum absolute atomic E-state index is 14.0. The lowest BCUT2D eigenvalue weighted by atomic mass is 9.94. The molecule has 5 aromatic rings. The summed E-state index contributed by atoms with van der Waals surface area (Å²) in [6, 6.07) is 23.1. The number of thiazole rings is 1. The number of ether oxygens (including phenoxy) is 2. The number of nitrogens with zero attached hydrogens (tertiary/aromatic N) is 3. The molecule has 6 rings (SSSR count). The van der Waals surface area contributed by atoms with Crippen LogP contribution >= 0.6 is 23.1 Å². The highest BCUT2D eigenvalue weighted by molar-refractivity contribution is 7.99. The van der Waals surface area contributed by atoms with Gasteiger partial charge in [-0.3, -0.25) is 14.2 Å². The summed E-state index contributed by atoms with van der Waals surface area (Å²) in [5.41, 5.74) is 1.87. The van der Waals surface area contributed by atoms with Crippen LogP contribution in [0.4, 0.5) is 5.69 Å². The normalized spacial score (nSPS) is 14.7. The highest BCUT2D eigenvalue weighted by Crippen LogP contribution is 2.36. The number of nitrogens with one attached hydrogen (secondary N) is 1. The zero-order valence-corrected chi connectivity index (χ0v) is 25.1. The molecule has 11 heteroatoms. The molecule has 1 N–H and O–H groups in total. The fourth-order valence-corrected chi connectivity index (χ4v) is 6.54. The Kier molecular flexibility index (Phi) is 7.99. The number of carbonyl (C=O) groups is 1. The molecule has 0 aliphatic carbocycles. The lowest BCUT2D eigenvalue weighted by molar-refractivity contribution is -0.113. The average Bonchev–Trinajstić information content (AvgIpc) is 3.59. The van der Waals surface area contributed by atoms with Crippen molar-refractivity contribution in [2.45, 2.75) is 23.1 Å². The van der Waals surface area contributed by atoms with Crippen LogP contribution in [0.1, 0.15) is 24.3 Å². The Bertz CT molecular complexity index is 2010. The minimum absolute atomic E-state index is 0.295. The van der Waals surface area contributed by atoms with Crippen LogP contribution in [0.3, 0.4) is 0 Å². The number of benzene rings is 2. The van der Waals surface area contributed by atoms with Crippen molar-refractivity contribution in [2.75, 3.05) is 19.5 Å². The molecule has 0 fully saturated rings. The van der Waals surface area contributed by atoms with Gasteiger partial charge in [-0.05, 0) is 72.8 Å². The van der Waals surface area contributed by atoms with E-state index < -0.39 is 6.04 Å². The maximum atomic E-state index is 14.0. The quantitative estimate of drug-likeness (QED) is 0.263. The number of hydrogen-bond acceptors (Lipinski definition) is 9. The Morgan fingerprint density at radius 2 is 1.81 bits per heavy atom. The molecule has 0 spiro atoms. The number of pyridine rings is 1. The highest BCUT2D eigenvalue weighted by atomic mass is 32.2. The van der Waals surface area contributed by atoms with E-state index in [-0.39, 0.29) is 11.5 Å². The maximum Gasteiger partial charge on any atom is 0.271 e. The number of anilines is 1. The second-order valence-electron chi connectivity index (χ2n) is 9.44. The van der Waals surface area contributed by atoms with Crippen LogP contribution in [0.2, 0.25) is 0 Å². The van der Waals surface area contributed by atoms with Gasteiger partial charge in [0.25, 0.3) is 11.5 Å². The molecule has 0 saturated heterocycles. The van der Waals surface area contributed by atoms with Crippen molar-refractivity contribution >= 4 is 40.8 Å².